The zero-order chi connectivity index (χ0) is 35.6. The lowest BCUT2D eigenvalue weighted by Gasteiger charge is -2.13. The van der Waals surface area contributed by atoms with Crippen LogP contribution in [0.25, 0.3) is 105 Å². The number of benzene rings is 8. The zero-order valence-corrected chi connectivity index (χ0v) is 29.0. The quantitative estimate of drug-likeness (QED) is 0.180. The summed E-state index contributed by atoms with van der Waals surface area (Å²) >= 11 is 0. The largest absolute Gasteiger partial charge is 0.455 e. The fraction of sp³-hybridized carbons (Fsp3) is 0. The predicted octanol–water partition coefficient (Wildman–Crippen LogP) is 12.7. The standard InChI is InChI=1S/C49H30N4O/c1-3-16-32(17-4-1)47-50-48(33-18-5-2-6-19-33)52-49(51-47)39-25-14-28-44-45(39)41-30-34(53-42-26-11-9-22-37(42)38-23-10-12-27-43(38)53)29-40(46(41)54-44)36-24-13-20-31-15-7-8-21-35(31)36/h1-30H. The van der Waals surface area contributed by atoms with Crippen LogP contribution in [0, 0.1) is 0 Å². The molecule has 0 unspecified atom stereocenters. The van der Waals surface area contributed by atoms with E-state index in [1.165, 1.54) is 21.5 Å². The molecule has 5 nitrogen and oxygen atoms in total. The van der Waals surface area contributed by atoms with Crippen LogP contribution in [0.1, 0.15) is 0 Å². The van der Waals surface area contributed by atoms with Crippen LogP contribution in [0.2, 0.25) is 0 Å². The maximum absolute atomic E-state index is 6.95. The van der Waals surface area contributed by atoms with Gasteiger partial charge in [0.1, 0.15) is 11.2 Å². The van der Waals surface area contributed by atoms with Crippen LogP contribution >= 0.6 is 0 Å². The fourth-order valence-electron chi connectivity index (χ4n) is 8.02. The normalized spacial score (nSPS) is 11.7. The number of rotatable bonds is 5. The molecule has 3 aromatic heterocycles. The summed E-state index contributed by atoms with van der Waals surface area (Å²) in [6, 6.07) is 63.3. The molecule has 0 spiro atoms. The SMILES string of the molecule is c1ccc(-c2nc(-c3ccccc3)nc(-c3cccc4oc5c(-c6cccc7ccccc67)cc(-n6c7ccccc7c7ccccc76)cc5c34)n2)cc1. The molecule has 0 N–H and O–H groups in total. The average Bonchev–Trinajstić information content (AvgIpc) is 3.80. The Bertz CT molecular complexity index is 3100. The fourth-order valence-corrected chi connectivity index (χ4v) is 8.02. The lowest BCUT2D eigenvalue weighted by Crippen LogP contribution is -2.00. The Labute approximate surface area is 310 Å². The first kappa shape index (κ1) is 30.3. The summed E-state index contributed by atoms with van der Waals surface area (Å²) in [5.41, 5.74) is 9.79. The highest BCUT2D eigenvalue weighted by Gasteiger charge is 2.23. The molecule has 3 heterocycles. The van der Waals surface area contributed by atoms with Gasteiger partial charge in [0, 0.05) is 49.5 Å². The third-order valence-corrected chi connectivity index (χ3v) is 10.4. The number of furan rings is 1. The third kappa shape index (κ3) is 4.76. The number of hydrogen-bond donors (Lipinski definition) is 0. The van der Waals surface area contributed by atoms with Crippen molar-refractivity contribution in [1.82, 2.24) is 19.5 Å². The van der Waals surface area contributed by atoms with E-state index in [-0.39, 0.29) is 0 Å². The van der Waals surface area contributed by atoms with E-state index in [4.69, 9.17) is 19.4 Å². The first-order valence-electron chi connectivity index (χ1n) is 18.1. The van der Waals surface area contributed by atoms with E-state index in [0.717, 1.165) is 66.5 Å². The molecular weight excluding hydrogens is 661 g/mol. The lowest BCUT2D eigenvalue weighted by atomic mass is 9.95. The van der Waals surface area contributed by atoms with Crippen molar-refractivity contribution in [1.29, 1.82) is 0 Å². The van der Waals surface area contributed by atoms with Crippen LogP contribution in [0.5, 0.6) is 0 Å². The second-order valence-corrected chi connectivity index (χ2v) is 13.6. The molecule has 252 valence electrons. The molecule has 5 heteroatoms. The highest BCUT2D eigenvalue weighted by Crippen LogP contribution is 2.44. The summed E-state index contributed by atoms with van der Waals surface area (Å²) in [4.78, 5) is 15.3. The van der Waals surface area contributed by atoms with Gasteiger partial charge in [-0.2, -0.15) is 0 Å². The first-order chi connectivity index (χ1) is 26.8. The number of para-hydroxylation sites is 2. The minimum atomic E-state index is 0.588. The van der Waals surface area contributed by atoms with Gasteiger partial charge in [-0.15, -0.1) is 0 Å². The van der Waals surface area contributed by atoms with E-state index in [0.29, 0.717) is 17.5 Å². The molecule has 0 saturated carbocycles. The predicted molar refractivity (Wildman–Crippen MR) is 221 cm³/mol. The molecule has 54 heavy (non-hydrogen) atoms. The molecule has 0 fully saturated rings. The Balaban J connectivity index is 1.26. The molecule has 8 aromatic carbocycles. The summed E-state index contributed by atoms with van der Waals surface area (Å²) in [7, 11) is 0. The van der Waals surface area contributed by atoms with Crippen LogP contribution in [0.4, 0.5) is 0 Å². The molecule has 0 bridgehead atoms. The Morgan fingerprint density at radius 3 is 1.61 bits per heavy atom. The second kappa shape index (κ2) is 12.1. The number of aromatic nitrogens is 4. The van der Waals surface area contributed by atoms with Crippen LogP contribution < -0.4 is 0 Å². The molecule has 0 atom stereocenters. The first-order valence-corrected chi connectivity index (χ1v) is 18.1. The molecule has 0 radical (unpaired) electrons. The van der Waals surface area contributed by atoms with Crippen molar-refractivity contribution < 1.29 is 4.42 Å². The highest BCUT2D eigenvalue weighted by molar-refractivity contribution is 6.18. The van der Waals surface area contributed by atoms with Gasteiger partial charge in [0.2, 0.25) is 0 Å². The summed E-state index contributed by atoms with van der Waals surface area (Å²) in [5.74, 6) is 1.82. The van der Waals surface area contributed by atoms with Gasteiger partial charge in [-0.1, -0.05) is 152 Å². The maximum atomic E-state index is 6.95. The smallest absolute Gasteiger partial charge is 0.164 e. The number of fused-ring (bicyclic) bond motifs is 7. The van der Waals surface area contributed by atoms with Crippen LogP contribution in [0.15, 0.2) is 186 Å². The number of hydrogen-bond acceptors (Lipinski definition) is 4. The van der Waals surface area contributed by atoms with Gasteiger partial charge in [0.15, 0.2) is 17.5 Å². The third-order valence-electron chi connectivity index (χ3n) is 10.4. The van der Waals surface area contributed by atoms with Gasteiger partial charge in [-0.3, -0.25) is 0 Å². The monoisotopic (exact) mass is 690 g/mol. The second-order valence-electron chi connectivity index (χ2n) is 13.6. The molecule has 0 amide bonds. The Hall–Kier alpha value is -7.37. The van der Waals surface area contributed by atoms with Gasteiger partial charge < -0.3 is 8.98 Å². The van der Waals surface area contributed by atoms with Crippen molar-refractivity contribution in [2.45, 2.75) is 0 Å². The molecule has 0 aliphatic rings. The Kier molecular flexibility index (Phi) is 6.79. The zero-order valence-electron chi connectivity index (χ0n) is 29.0. The summed E-state index contributed by atoms with van der Waals surface area (Å²) in [5, 5.41) is 6.72. The molecule has 11 aromatic rings. The highest BCUT2D eigenvalue weighted by atomic mass is 16.3. The van der Waals surface area contributed by atoms with Crippen LogP contribution in [0.3, 0.4) is 0 Å². The van der Waals surface area contributed by atoms with E-state index in [9.17, 15) is 0 Å². The van der Waals surface area contributed by atoms with Gasteiger partial charge in [-0.05, 0) is 46.7 Å². The van der Waals surface area contributed by atoms with Gasteiger partial charge in [0.25, 0.3) is 0 Å². The van der Waals surface area contributed by atoms with Crippen molar-refractivity contribution in [3.63, 3.8) is 0 Å². The van der Waals surface area contributed by atoms with Crippen molar-refractivity contribution >= 4 is 54.5 Å². The number of nitrogens with zero attached hydrogens (tertiary/aromatic N) is 4. The maximum Gasteiger partial charge on any atom is 0.164 e. The topological polar surface area (TPSA) is 56.7 Å². The molecular formula is C49H30N4O. The van der Waals surface area contributed by atoms with Gasteiger partial charge in [-0.25, -0.2) is 15.0 Å². The summed E-state index contributed by atoms with van der Waals surface area (Å²) in [6.45, 7) is 0. The van der Waals surface area contributed by atoms with E-state index in [2.05, 4.69) is 114 Å². The van der Waals surface area contributed by atoms with Gasteiger partial charge >= 0.3 is 0 Å². The minimum absolute atomic E-state index is 0.588. The van der Waals surface area contributed by atoms with E-state index < -0.39 is 0 Å². The average molecular weight is 691 g/mol. The summed E-state index contributed by atoms with van der Waals surface area (Å²) < 4.78 is 9.32. The van der Waals surface area contributed by atoms with E-state index >= 15 is 0 Å². The minimum Gasteiger partial charge on any atom is -0.455 e. The molecule has 0 aliphatic carbocycles. The van der Waals surface area contributed by atoms with Crippen molar-refractivity contribution in [2.75, 3.05) is 0 Å². The molecule has 11 rings (SSSR count). The molecule has 0 aliphatic heterocycles. The van der Waals surface area contributed by atoms with Crippen molar-refractivity contribution in [3.05, 3.63) is 182 Å². The molecule has 0 saturated heterocycles. The van der Waals surface area contributed by atoms with Gasteiger partial charge in [0.05, 0.1) is 11.0 Å². The van der Waals surface area contributed by atoms with Crippen molar-refractivity contribution in [2.24, 2.45) is 0 Å². The Morgan fingerprint density at radius 2 is 0.926 bits per heavy atom. The van der Waals surface area contributed by atoms with E-state index in [1.54, 1.807) is 0 Å². The van der Waals surface area contributed by atoms with E-state index in [1.807, 2.05) is 72.8 Å². The van der Waals surface area contributed by atoms with Crippen LogP contribution in [-0.2, 0) is 0 Å². The Morgan fingerprint density at radius 1 is 0.389 bits per heavy atom. The summed E-state index contributed by atoms with van der Waals surface area (Å²) in [6.07, 6.45) is 0. The lowest BCUT2D eigenvalue weighted by molar-refractivity contribution is 0.670. The van der Waals surface area contributed by atoms with Crippen LogP contribution in [-0.4, -0.2) is 19.5 Å². The van der Waals surface area contributed by atoms with Crippen molar-refractivity contribution in [3.8, 4) is 51.0 Å².